The van der Waals surface area contributed by atoms with Gasteiger partial charge in [0, 0.05) is 16.7 Å². The number of amides is 2. The molecule has 140 valence electrons. The van der Waals surface area contributed by atoms with Gasteiger partial charge in [-0.2, -0.15) is 0 Å². The number of hydrogen-bond donors (Lipinski definition) is 2. The Bertz CT molecular complexity index is 999. The molecular formula is C22H18N2O4. The number of methoxy groups -OCH3 is 1. The summed E-state index contributed by atoms with van der Waals surface area (Å²) in [6.45, 7) is 0. The lowest BCUT2D eigenvalue weighted by Crippen LogP contribution is -2.42. The number of carbonyl (C=O) groups excluding carboxylic acids is 3. The monoisotopic (exact) mass is 374 g/mol. The Labute approximate surface area is 162 Å². The zero-order valence-corrected chi connectivity index (χ0v) is 15.1. The predicted molar refractivity (Wildman–Crippen MR) is 104 cm³/mol. The highest BCUT2D eigenvalue weighted by atomic mass is 16.5. The van der Waals surface area contributed by atoms with Crippen LogP contribution in [0.1, 0.15) is 36.6 Å². The summed E-state index contributed by atoms with van der Waals surface area (Å²) >= 11 is 0. The van der Waals surface area contributed by atoms with Crippen LogP contribution >= 0.6 is 0 Å². The van der Waals surface area contributed by atoms with E-state index in [2.05, 4.69) is 10.9 Å². The van der Waals surface area contributed by atoms with Crippen molar-refractivity contribution in [1.29, 1.82) is 0 Å². The van der Waals surface area contributed by atoms with Crippen LogP contribution in [0, 0.1) is 0 Å². The minimum atomic E-state index is -0.582. The summed E-state index contributed by atoms with van der Waals surface area (Å²) < 4.78 is 5.04. The first-order valence-electron chi connectivity index (χ1n) is 8.53. The van der Waals surface area contributed by atoms with Gasteiger partial charge in [-0.15, -0.1) is 0 Å². The third-order valence-electron chi connectivity index (χ3n) is 4.09. The number of carbonyl (C=O) groups is 3. The largest absolute Gasteiger partial charge is 0.497 e. The van der Waals surface area contributed by atoms with E-state index in [0.717, 1.165) is 0 Å². The molecule has 0 heterocycles. The number of ether oxygens (including phenoxy) is 1. The molecule has 0 fully saturated rings. The van der Waals surface area contributed by atoms with Crippen LogP contribution in [-0.4, -0.2) is 24.7 Å². The maximum Gasteiger partial charge on any atom is 0.270 e. The Balaban J connectivity index is 1.72. The van der Waals surface area contributed by atoms with E-state index in [1.54, 1.807) is 66.7 Å². The molecule has 3 rings (SSSR count). The summed E-state index contributed by atoms with van der Waals surface area (Å²) in [7, 11) is 1.53. The Morgan fingerprint density at radius 2 is 1.21 bits per heavy atom. The molecule has 6 nitrogen and oxygen atoms in total. The van der Waals surface area contributed by atoms with Crippen molar-refractivity contribution in [2.45, 2.75) is 0 Å². The molecule has 0 bridgehead atoms. The number of benzene rings is 3. The van der Waals surface area contributed by atoms with Gasteiger partial charge in [0.2, 0.25) is 0 Å². The maximum absolute atomic E-state index is 12.7. The molecule has 2 amide bonds. The van der Waals surface area contributed by atoms with E-state index in [4.69, 9.17) is 4.74 Å². The molecule has 0 atom stereocenters. The number of rotatable bonds is 5. The van der Waals surface area contributed by atoms with Crippen LogP contribution in [0.15, 0.2) is 78.9 Å². The zero-order valence-electron chi connectivity index (χ0n) is 15.1. The second kappa shape index (κ2) is 8.64. The van der Waals surface area contributed by atoms with Gasteiger partial charge in [0.25, 0.3) is 11.8 Å². The number of hydrogen-bond acceptors (Lipinski definition) is 4. The van der Waals surface area contributed by atoms with E-state index in [-0.39, 0.29) is 16.9 Å². The Hall–Kier alpha value is -3.93. The second-order valence-electron chi connectivity index (χ2n) is 5.88. The quantitative estimate of drug-likeness (QED) is 0.531. The van der Waals surface area contributed by atoms with Crippen molar-refractivity contribution in [3.05, 3.63) is 101 Å². The summed E-state index contributed by atoms with van der Waals surface area (Å²) in [6.07, 6.45) is 0. The highest BCUT2D eigenvalue weighted by Gasteiger charge is 2.18. The lowest BCUT2D eigenvalue weighted by molar-refractivity contribution is 0.0845. The zero-order chi connectivity index (χ0) is 19.9. The Kier molecular flexibility index (Phi) is 5.81. The van der Waals surface area contributed by atoms with Crippen molar-refractivity contribution in [2.75, 3.05) is 7.11 Å². The predicted octanol–water partition coefficient (Wildman–Crippen LogP) is 3.00. The number of hydrazine groups is 1. The standard InChI is InChI=1S/C22H18N2O4/c1-28-17-13-11-16(12-14-17)21(26)23-24-22(27)19-10-6-5-9-18(19)20(25)15-7-3-2-4-8-15/h2-14H,1H3,(H,23,26)(H,24,27). The summed E-state index contributed by atoms with van der Waals surface area (Å²) in [5.41, 5.74) is 5.96. The van der Waals surface area contributed by atoms with Crippen LogP contribution in [0.25, 0.3) is 0 Å². The first kappa shape index (κ1) is 18.8. The molecule has 6 heteroatoms. The van der Waals surface area contributed by atoms with Crippen LogP contribution in [0.5, 0.6) is 5.75 Å². The van der Waals surface area contributed by atoms with E-state index >= 15 is 0 Å². The van der Waals surface area contributed by atoms with Crippen LogP contribution in [-0.2, 0) is 0 Å². The molecule has 2 N–H and O–H groups in total. The average Bonchev–Trinajstić information content (AvgIpc) is 2.77. The smallest absolute Gasteiger partial charge is 0.270 e. The van der Waals surface area contributed by atoms with Gasteiger partial charge < -0.3 is 4.74 Å². The molecule has 0 aromatic heterocycles. The highest BCUT2D eigenvalue weighted by molar-refractivity contribution is 6.15. The summed E-state index contributed by atoms with van der Waals surface area (Å²) in [6, 6.07) is 21.6. The highest BCUT2D eigenvalue weighted by Crippen LogP contribution is 2.15. The third kappa shape index (κ3) is 4.24. The van der Waals surface area contributed by atoms with Crippen molar-refractivity contribution in [2.24, 2.45) is 0 Å². The van der Waals surface area contributed by atoms with E-state index in [1.807, 2.05) is 6.07 Å². The first-order chi connectivity index (χ1) is 13.6. The van der Waals surface area contributed by atoms with Gasteiger partial charge in [0.05, 0.1) is 12.7 Å². The Morgan fingerprint density at radius 3 is 1.86 bits per heavy atom. The lowest BCUT2D eigenvalue weighted by atomic mass is 9.98. The van der Waals surface area contributed by atoms with Gasteiger partial charge in [0.15, 0.2) is 5.78 Å². The fraction of sp³-hybridized carbons (Fsp3) is 0.0455. The van der Waals surface area contributed by atoms with Gasteiger partial charge in [-0.1, -0.05) is 48.5 Å². The van der Waals surface area contributed by atoms with E-state index < -0.39 is 11.8 Å². The van der Waals surface area contributed by atoms with Gasteiger partial charge in [-0.05, 0) is 30.3 Å². The average molecular weight is 374 g/mol. The third-order valence-corrected chi connectivity index (χ3v) is 4.09. The summed E-state index contributed by atoms with van der Waals surface area (Å²) in [4.78, 5) is 37.4. The molecule has 28 heavy (non-hydrogen) atoms. The van der Waals surface area contributed by atoms with Crippen molar-refractivity contribution in [3.63, 3.8) is 0 Å². The van der Waals surface area contributed by atoms with Crippen LogP contribution in [0.3, 0.4) is 0 Å². The fourth-order valence-corrected chi connectivity index (χ4v) is 2.62. The van der Waals surface area contributed by atoms with Crippen molar-refractivity contribution >= 4 is 17.6 Å². The van der Waals surface area contributed by atoms with Gasteiger partial charge >= 0.3 is 0 Å². The van der Waals surface area contributed by atoms with Crippen molar-refractivity contribution < 1.29 is 19.1 Å². The summed E-state index contributed by atoms with van der Waals surface area (Å²) in [5.74, 6) is -0.716. The van der Waals surface area contributed by atoms with E-state index in [1.165, 1.54) is 13.2 Å². The Morgan fingerprint density at radius 1 is 0.643 bits per heavy atom. The van der Waals surface area contributed by atoms with Gasteiger partial charge in [0.1, 0.15) is 5.75 Å². The van der Waals surface area contributed by atoms with Crippen LogP contribution in [0.2, 0.25) is 0 Å². The van der Waals surface area contributed by atoms with E-state index in [0.29, 0.717) is 16.9 Å². The molecule has 0 saturated carbocycles. The molecule has 0 aliphatic rings. The maximum atomic E-state index is 12.7. The molecule has 0 spiro atoms. The second-order valence-corrected chi connectivity index (χ2v) is 5.88. The molecule has 0 aliphatic carbocycles. The first-order valence-corrected chi connectivity index (χ1v) is 8.53. The molecule has 0 unspecified atom stereocenters. The minimum Gasteiger partial charge on any atom is -0.497 e. The summed E-state index contributed by atoms with van der Waals surface area (Å²) in [5, 5.41) is 0. The SMILES string of the molecule is COc1ccc(C(=O)NNC(=O)c2ccccc2C(=O)c2ccccc2)cc1. The molecular weight excluding hydrogens is 356 g/mol. The normalized spacial score (nSPS) is 10.0. The van der Waals surface area contributed by atoms with Crippen molar-refractivity contribution in [1.82, 2.24) is 10.9 Å². The topological polar surface area (TPSA) is 84.5 Å². The number of nitrogens with one attached hydrogen (secondary N) is 2. The van der Waals surface area contributed by atoms with Crippen LogP contribution < -0.4 is 15.6 Å². The van der Waals surface area contributed by atoms with E-state index in [9.17, 15) is 14.4 Å². The molecule has 0 radical (unpaired) electrons. The van der Waals surface area contributed by atoms with Crippen LogP contribution in [0.4, 0.5) is 0 Å². The molecule has 0 aliphatic heterocycles. The fourth-order valence-electron chi connectivity index (χ4n) is 2.62. The molecule has 3 aromatic carbocycles. The minimum absolute atomic E-state index is 0.173. The molecule has 3 aromatic rings. The lowest BCUT2D eigenvalue weighted by Gasteiger charge is -2.11. The van der Waals surface area contributed by atoms with Gasteiger partial charge in [-0.25, -0.2) is 0 Å². The van der Waals surface area contributed by atoms with Gasteiger partial charge in [-0.3, -0.25) is 25.2 Å². The number of ketones is 1. The van der Waals surface area contributed by atoms with Crippen molar-refractivity contribution in [3.8, 4) is 5.75 Å². The molecule has 0 saturated heterocycles.